The fourth-order valence-corrected chi connectivity index (χ4v) is 2.35. The van der Waals surface area contributed by atoms with Crippen LogP contribution in [0.4, 0.5) is 0 Å². The molecule has 0 radical (unpaired) electrons. The molecule has 0 spiro atoms. The van der Waals surface area contributed by atoms with Gasteiger partial charge in [0.15, 0.2) is 0 Å². The third-order valence-electron chi connectivity index (χ3n) is 3.94. The zero-order chi connectivity index (χ0) is 16.5. The monoisotopic (exact) mass is 310 g/mol. The van der Waals surface area contributed by atoms with Gasteiger partial charge in [-0.1, -0.05) is 6.42 Å². The number of methoxy groups -OCH3 is 2. The van der Waals surface area contributed by atoms with Crippen molar-refractivity contribution in [3.05, 3.63) is 22.6 Å². The summed E-state index contributed by atoms with van der Waals surface area (Å²) >= 11 is 0. The Morgan fingerprint density at radius 3 is 1.95 bits per heavy atom. The van der Waals surface area contributed by atoms with Crippen molar-refractivity contribution in [2.24, 2.45) is 0 Å². The molecular formula is C17H26O5. The summed E-state index contributed by atoms with van der Waals surface area (Å²) in [5.41, 5.74) is 2.28. The third kappa shape index (κ3) is 5.54. The lowest BCUT2D eigenvalue weighted by Gasteiger charge is -2.01. The number of carbonyl (C=O) groups excluding carboxylic acids is 2. The predicted octanol–water partition coefficient (Wildman–Crippen LogP) is 3.28. The first-order chi connectivity index (χ1) is 10.5. The molecule has 0 aliphatic rings. The topological polar surface area (TPSA) is 65.7 Å². The van der Waals surface area contributed by atoms with Crippen LogP contribution in [0.2, 0.25) is 0 Å². The van der Waals surface area contributed by atoms with Gasteiger partial charge in [0.25, 0.3) is 0 Å². The largest absolute Gasteiger partial charge is 0.469 e. The summed E-state index contributed by atoms with van der Waals surface area (Å²) in [6, 6.07) is 0. The quantitative estimate of drug-likeness (QED) is 0.517. The van der Waals surface area contributed by atoms with E-state index in [4.69, 9.17) is 4.42 Å². The molecule has 1 aromatic heterocycles. The van der Waals surface area contributed by atoms with Crippen LogP contribution in [0.1, 0.15) is 54.8 Å². The highest BCUT2D eigenvalue weighted by Crippen LogP contribution is 2.24. The molecule has 22 heavy (non-hydrogen) atoms. The molecule has 1 rings (SSSR count). The molecule has 1 heterocycles. The number of carbonyl (C=O) groups is 2. The second kappa shape index (κ2) is 9.28. The van der Waals surface area contributed by atoms with Gasteiger partial charge in [0.2, 0.25) is 0 Å². The molecule has 0 atom stereocenters. The minimum atomic E-state index is -0.224. The van der Waals surface area contributed by atoms with Crippen LogP contribution in [0.15, 0.2) is 4.42 Å². The van der Waals surface area contributed by atoms with Crippen molar-refractivity contribution in [1.29, 1.82) is 0 Å². The van der Waals surface area contributed by atoms with Gasteiger partial charge in [0.05, 0.1) is 20.6 Å². The summed E-state index contributed by atoms with van der Waals surface area (Å²) in [6.45, 7) is 4.07. The lowest BCUT2D eigenvalue weighted by Crippen LogP contribution is -2.01. The number of unbranched alkanes of at least 4 members (excludes halogenated alkanes) is 2. The fourth-order valence-electron chi connectivity index (χ4n) is 2.35. The number of esters is 2. The first-order valence-electron chi connectivity index (χ1n) is 7.71. The highest BCUT2D eigenvalue weighted by Gasteiger charge is 2.14. The van der Waals surface area contributed by atoms with Crippen LogP contribution in [-0.2, 0) is 31.9 Å². The average Bonchev–Trinajstić information content (AvgIpc) is 2.79. The lowest BCUT2D eigenvalue weighted by molar-refractivity contribution is -0.141. The maximum Gasteiger partial charge on any atom is 0.305 e. The predicted molar refractivity (Wildman–Crippen MR) is 82.7 cm³/mol. The molecule has 0 saturated heterocycles. The summed E-state index contributed by atoms with van der Waals surface area (Å²) in [6.07, 6.45) is 5.00. The van der Waals surface area contributed by atoms with E-state index in [2.05, 4.69) is 9.47 Å². The van der Waals surface area contributed by atoms with E-state index in [0.717, 1.165) is 48.3 Å². The van der Waals surface area contributed by atoms with Crippen molar-refractivity contribution in [3.63, 3.8) is 0 Å². The Labute approximate surface area is 132 Å². The maximum absolute atomic E-state index is 11.2. The summed E-state index contributed by atoms with van der Waals surface area (Å²) < 4.78 is 15.2. The first kappa shape index (κ1) is 18.3. The normalized spacial score (nSPS) is 10.5. The summed E-state index contributed by atoms with van der Waals surface area (Å²) in [4.78, 5) is 22.2. The number of rotatable bonds is 9. The van der Waals surface area contributed by atoms with Gasteiger partial charge in [-0.05, 0) is 37.8 Å². The lowest BCUT2D eigenvalue weighted by atomic mass is 10.1. The second-order valence-electron chi connectivity index (χ2n) is 5.41. The molecule has 0 aliphatic carbocycles. The molecule has 0 N–H and O–H groups in total. The Balaban J connectivity index is 2.44. The highest BCUT2D eigenvalue weighted by molar-refractivity contribution is 5.69. The summed E-state index contributed by atoms with van der Waals surface area (Å²) in [7, 11) is 2.80. The molecule has 0 bridgehead atoms. The van der Waals surface area contributed by atoms with E-state index in [0.29, 0.717) is 19.3 Å². The smallest absolute Gasteiger partial charge is 0.305 e. The molecule has 0 saturated carbocycles. The van der Waals surface area contributed by atoms with Crippen molar-refractivity contribution in [2.45, 2.75) is 58.8 Å². The average molecular weight is 310 g/mol. The Morgan fingerprint density at radius 2 is 1.36 bits per heavy atom. The number of ether oxygens (including phenoxy) is 2. The van der Waals surface area contributed by atoms with Crippen molar-refractivity contribution in [3.8, 4) is 0 Å². The van der Waals surface area contributed by atoms with Gasteiger partial charge in [0.1, 0.15) is 11.5 Å². The zero-order valence-corrected chi connectivity index (χ0v) is 14.0. The van der Waals surface area contributed by atoms with E-state index in [1.807, 2.05) is 13.8 Å². The van der Waals surface area contributed by atoms with Crippen LogP contribution in [0, 0.1) is 13.8 Å². The van der Waals surface area contributed by atoms with Crippen LogP contribution < -0.4 is 0 Å². The van der Waals surface area contributed by atoms with Crippen molar-refractivity contribution in [2.75, 3.05) is 14.2 Å². The van der Waals surface area contributed by atoms with E-state index in [1.165, 1.54) is 14.2 Å². The minimum absolute atomic E-state index is 0.157. The van der Waals surface area contributed by atoms with Crippen LogP contribution >= 0.6 is 0 Å². The number of hydrogen-bond acceptors (Lipinski definition) is 5. The molecule has 0 amide bonds. The first-order valence-corrected chi connectivity index (χ1v) is 7.71. The van der Waals surface area contributed by atoms with Crippen LogP contribution in [0.5, 0.6) is 0 Å². The molecular weight excluding hydrogens is 284 g/mol. The Bertz CT molecular complexity index is 501. The Morgan fingerprint density at radius 1 is 0.818 bits per heavy atom. The SMILES string of the molecule is COC(=O)CCCCCc1oc(CCC(=O)OC)c(C)c1C. The molecule has 5 nitrogen and oxygen atoms in total. The van der Waals surface area contributed by atoms with Crippen LogP contribution in [0.25, 0.3) is 0 Å². The van der Waals surface area contributed by atoms with Gasteiger partial charge in [-0.15, -0.1) is 0 Å². The second-order valence-corrected chi connectivity index (χ2v) is 5.41. The van der Waals surface area contributed by atoms with E-state index >= 15 is 0 Å². The van der Waals surface area contributed by atoms with Crippen molar-refractivity contribution in [1.82, 2.24) is 0 Å². The van der Waals surface area contributed by atoms with Gasteiger partial charge < -0.3 is 13.9 Å². The zero-order valence-electron chi connectivity index (χ0n) is 14.0. The molecule has 0 fully saturated rings. The van der Waals surface area contributed by atoms with E-state index in [9.17, 15) is 9.59 Å². The summed E-state index contributed by atoms with van der Waals surface area (Å²) in [5, 5.41) is 0. The maximum atomic E-state index is 11.2. The molecule has 5 heteroatoms. The van der Waals surface area contributed by atoms with Crippen molar-refractivity contribution >= 4 is 11.9 Å². The molecule has 0 unspecified atom stereocenters. The highest BCUT2D eigenvalue weighted by atomic mass is 16.5. The van der Waals surface area contributed by atoms with E-state index < -0.39 is 0 Å². The molecule has 1 aromatic rings. The number of aryl methyl sites for hydroxylation is 2. The van der Waals surface area contributed by atoms with E-state index in [-0.39, 0.29) is 11.9 Å². The van der Waals surface area contributed by atoms with Crippen LogP contribution in [-0.4, -0.2) is 26.2 Å². The number of furan rings is 1. The Hall–Kier alpha value is -1.78. The van der Waals surface area contributed by atoms with Gasteiger partial charge in [-0.2, -0.15) is 0 Å². The van der Waals surface area contributed by atoms with Gasteiger partial charge >= 0.3 is 11.9 Å². The summed E-state index contributed by atoms with van der Waals surface area (Å²) in [5.74, 6) is 1.47. The van der Waals surface area contributed by atoms with Crippen LogP contribution in [0.3, 0.4) is 0 Å². The van der Waals surface area contributed by atoms with E-state index in [1.54, 1.807) is 0 Å². The van der Waals surface area contributed by atoms with Gasteiger partial charge in [-0.25, -0.2) is 0 Å². The third-order valence-corrected chi connectivity index (χ3v) is 3.94. The molecule has 124 valence electrons. The molecule has 0 aliphatic heterocycles. The van der Waals surface area contributed by atoms with Gasteiger partial charge in [0, 0.05) is 19.3 Å². The number of hydrogen-bond donors (Lipinski definition) is 0. The molecule has 0 aromatic carbocycles. The Kier molecular flexibility index (Phi) is 7.71. The minimum Gasteiger partial charge on any atom is -0.469 e. The van der Waals surface area contributed by atoms with Crippen molar-refractivity contribution < 1.29 is 23.5 Å². The van der Waals surface area contributed by atoms with Gasteiger partial charge in [-0.3, -0.25) is 9.59 Å². The standard InChI is InChI=1S/C17H26O5/c1-12-13(2)15(10-11-17(19)21-4)22-14(12)8-6-5-7-9-16(18)20-3/h5-11H2,1-4H3. The fraction of sp³-hybridized carbons (Fsp3) is 0.647.